The molecule has 0 saturated carbocycles. The number of amides is 2. The van der Waals surface area contributed by atoms with Gasteiger partial charge in [0.2, 0.25) is 11.5 Å². The van der Waals surface area contributed by atoms with E-state index in [0.29, 0.717) is 10.9 Å². The van der Waals surface area contributed by atoms with Gasteiger partial charge in [-0.3, -0.25) is 14.6 Å². The lowest BCUT2D eigenvalue weighted by Crippen LogP contribution is -2.51. The molecule has 4 aromatic rings. The summed E-state index contributed by atoms with van der Waals surface area (Å²) < 4.78 is 63.1. The fourth-order valence-electron chi connectivity index (χ4n) is 4.70. The standard InChI is InChI=1S/C29H23ClF4N4O4/c1-14-7-16-8-17(9-20(30)22(16)36-11-14)25(39)37-12-28(41,29(32,33)34)21-10-19-24(42-13-27(19,2)26(35)40)23(38-21)15-3-5-18(31)6-4-15/h3-11,41H,12-13H2,1-2H3,(H2,35,40)(H,37,39)/t27-,28?/m0/s1. The summed E-state index contributed by atoms with van der Waals surface area (Å²) in [5.41, 5.74) is 0.410. The number of primary amides is 1. The molecule has 2 aromatic carbocycles. The number of nitrogens with two attached hydrogens (primary N) is 1. The Hall–Kier alpha value is -4.29. The Morgan fingerprint density at radius 2 is 1.86 bits per heavy atom. The molecule has 0 saturated heterocycles. The third kappa shape index (κ3) is 4.90. The first-order valence-electron chi connectivity index (χ1n) is 12.5. The van der Waals surface area contributed by atoms with Crippen molar-refractivity contribution in [3.8, 4) is 17.0 Å². The second-order valence-corrected chi connectivity index (χ2v) is 10.7. The third-order valence-electron chi connectivity index (χ3n) is 7.27. The van der Waals surface area contributed by atoms with Gasteiger partial charge >= 0.3 is 6.18 Å². The van der Waals surface area contributed by atoms with Crippen LogP contribution >= 0.6 is 11.6 Å². The van der Waals surface area contributed by atoms with Gasteiger partial charge in [-0.25, -0.2) is 9.37 Å². The van der Waals surface area contributed by atoms with Crippen LogP contribution in [0.2, 0.25) is 5.02 Å². The highest BCUT2D eigenvalue weighted by Gasteiger charge is 2.57. The minimum atomic E-state index is -5.35. The summed E-state index contributed by atoms with van der Waals surface area (Å²) in [5, 5.41) is 13.9. The molecule has 3 heterocycles. The van der Waals surface area contributed by atoms with Gasteiger partial charge in [-0.15, -0.1) is 0 Å². The van der Waals surface area contributed by atoms with Crippen molar-refractivity contribution in [3.63, 3.8) is 0 Å². The van der Waals surface area contributed by atoms with Gasteiger partial charge in [-0.1, -0.05) is 11.6 Å². The maximum atomic E-state index is 14.6. The number of fused-ring (bicyclic) bond motifs is 2. The molecule has 42 heavy (non-hydrogen) atoms. The van der Waals surface area contributed by atoms with Crippen molar-refractivity contribution >= 4 is 34.3 Å². The van der Waals surface area contributed by atoms with Crippen molar-refractivity contribution in [1.82, 2.24) is 15.3 Å². The van der Waals surface area contributed by atoms with Crippen LogP contribution in [0.15, 0.2) is 54.7 Å². The summed E-state index contributed by atoms with van der Waals surface area (Å²) >= 11 is 6.25. The Morgan fingerprint density at radius 3 is 2.50 bits per heavy atom. The molecule has 0 fully saturated rings. The molecular formula is C29H23ClF4N4O4. The highest BCUT2D eigenvalue weighted by atomic mass is 35.5. The Labute approximate surface area is 241 Å². The number of halogens is 5. The van der Waals surface area contributed by atoms with Crippen LogP contribution in [-0.2, 0) is 15.8 Å². The fraction of sp³-hybridized carbons (Fsp3) is 0.241. The topological polar surface area (TPSA) is 127 Å². The summed E-state index contributed by atoms with van der Waals surface area (Å²) in [6.45, 7) is 1.51. The van der Waals surface area contributed by atoms with Crippen molar-refractivity contribution < 1.29 is 37.0 Å². The highest BCUT2D eigenvalue weighted by Crippen LogP contribution is 2.47. The van der Waals surface area contributed by atoms with Crippen LogP contribution < -0.4 is 15.8 Å². The summed E-state index contributed by atoms with van der Waals surface area (Å²) in [4.78, 5) is 33.7. The minimum absolute atomic E-state index is 0.0325. The van der Waals surface area contributed by atoms with E-state index in [1.54, 1.807) is 19.2 Å². The van der Waals surface area contributed by atoms with Crippen LogP contribution in [-0.4, -0.2) is 46.2 Å². The van der Waals surface area contributed by atoms with E-state index in [-0.39, 0.29) is 39.8 Å². The van der Waals surface area contributed by atoms with Crippen molar-refractivity contribution in [3.05, 3.63) is 88.0 Å². The minimum Gasteiger partial charge on any atom is -0.489 e. The third-order valence-corrected chi connectivity index (χ3v) is 7.56. The van der Waals surface area contributed by atoms with Crippen molar-refractivity contribution in [2.45, 2.75) is 31.0 Å². The number of aromatic nitrogens is 2. The molecular weight excluding hydrogens is 580 g/mol. The number of rotatable bonds is 6. The Kier molecular flexibility index (Phi) is 7.10. The highest BCUT2D eigenvalue weighted by molar-refractivity contribution is 6.35. The molecule has 218 valence electrons. The molecule has 0 spiro atoms. The summed E-state index contributed by atoms with van der Waals surface area (Å²) in [7, 11) is 0. The van der Waals surface area contributed by atoms with E-state index >= 15 is 0 Å². The Bertz CT molecular complexity index is 1750. The molecule has 13 heteroatoms. The normalized spacial score (nSPS) is 17.8. The van der Waals surface area contributed by atoms with E-state index in [1.165, 1.54) is 31.2 Å². The molecule has 1 aliphatic heterocycles. The predicted octanol–water partition coefficient (Wildman–Crippen LogP) is 4.71. The van der Waals surface area contributed by atoms with Gasteiger partial charge in [0.05, 0.1) is 22.8 Å². The molecule has 2 atom stereocenters. The molecule has 4 N–H and O–H groups in total. The Balaban J connectivity index is 1.59. The molecule has 0 bridgehead atoms. The molecule has 8 nitrogen and oxygen atoms in total. The van der Waals surface area contributed by atoms with Gasteiger partial charge in [-0.05, 0) is 67.9 Å². The molecule has 0 aliphatic carbocycles. The van der Waals surface area contributed by atoms with Gasteiger partial charge in [0.25, 0.3) is 5.91 Å². The monoisotopic (exact) mass is 602 g/mol. The van der Waals surface area contributed by atoms with Crippen molar-refractivity contribution in [2.24, 2.45) is 5.73 Å². The predicted molar refractivity (Wildman–Crippen MR) is 145 cm³/mol. The van der Waals surface area contributed by atoms with E-state index in [0.717, 1.165) is 23.8 Å². The van der Waals surface area contributed by atoms with Gasteiger partial charge in [0.1, 0.15) is 29.3 Å². The fourth-order valence-corrected chi connectivity index (χ4v) is 4.97. The number of hydrogen-bond acceptors (Lipinski definition) is 6. The first kappa shape index (κ1) is 29.2. The zero-order valence-corrected chi connectivity index (χ0v) is 22.9. The van der Waals surface area contributed by atoms with Gasteiger partial charge < -0.3 is 20.9 Å². The number of aliphatic hydroxyl groups is 1. The van der Waals surface area contributed by atoms with Crippen LogP contribution in [0.3, 0.4) is 0 Å². The largest absolute Gasteiger partial charge is 0.489 e. The van der Waals surface area contributed by atoms with E-state index in [4.69, 9.17) is 22.1 Å². The number of ether oxygens (including phenoxy) is 1. The molecule has 1 unspecified atom stereocenters. The maximum Gasteiger partial charge on any atom is 0.424 e. The molecule has 2 aromatic heterocycles. The number of carbonyl (C=O) groups excluding carboxylic acids is 2. The van der Waals surface area contributed by atoms with Gasteiger partial charge in [0.15, 0.2) is 0 Å². The summed E-state index contributed by atoms with van der Waals surface area (Å²) in [5.74, 6) is -2.47. The number of pyridine rings is 2. The summed E-state index contributed by atoms with van der Waals surface area (Å²) in [6.07, 6.45) is -3.78. The van der Waals surface area contributed by atoms with E-state index in [2.05, 4.69) is 15.3 Å². The van der Waals surface area contributed by atoms with Crippen molar-refractivity contribution in [1.29, 1.82) is 0 Å². The van der Waals surface area contributed by atoms with E-state index < -0.39 is 47.1 Å². The number of carbonyl (C=O) groups is 2. The first-order chi connectivity index (χ1) is 19.6. The number of hydrogen-bond donors (Lipinski definition) is 3. The lowest BCUT2D eigenvalue weighted by atomic mass is 9.81. The van der Waals surface area contributed by atoms with E-state index in [9.17, 15) is 32.3 Å². The van der Waals surface area contributed by atoms with Gasteiger partial charge in [0, 0.05) is 28.3 Å². The zero-order chi connectivity index (χ0) is 30.6. The summed E-state index contributed by atoms with van der Waals surface area (Å²) in [6, 6.07) is 9.93. The maximum absolute atomic E-state index is 14.6. The number of nitrogens with one attached hydrogen (secondary N) is 1. The number of nitrogens with zero attached hydrogens (tertiary/aromatic N) is 2. The van der Waals surface area contributed by atoms with Crippen LogP contribution in [0.1, 0.15) is 34.1 Å². The van der Waals surface area contributed by atoms with Crippen LogP contribution in [0.5, 0.6) is 5.75 Å². The van der Waals surface area contributed by atoms with Crippen LogP contribution in [0.25, 0.3) is 22.2 Å². The van der Waals surface area contributed by atoms with Crippen LogP contribution in [0, 0.1) is 12.7 Å². The second kappa shape index (κ2) is 10.2. The van der Waals surface area contributed by atoms with Crippen LogP contribution in [0.4, 0.5) is 17.6 Å². The molecule has 0 radical (unpaired) electrons. The average Bonchev–Trinajstić information content (AvgIpc) is 3.28. The van der Waals surface area contributed by atoms with Crippen molar-refractivity contribution in [2.75, 3.05) is 13.2 Å². The second-order valence-electron chi connectivity index (χ2n) is 10.3. The lowest BCUT2D eigenvalue weighted by Gasteiger charge is -2.31. The first-order valence-corrected chi connectivity index (χ1v) is 12.9. The number of alkyl halides is 3. The molecule has 5 rings (SSSR count). The van der Waals surface area contributed by atoms with Gasteiger partial charge in [-0.2, -0.15) is 13.2 Å². The quantitative estimate of drug-likeness (QED) is 0.274. The number of benzene rings is 2. The SMILES string of the molecule is Cc1cnc2c(Cl)cc(C(=O)NCC(O)(c3cc4c(c(-c5ccc(F)cc5)n3)OC[C@]4(C)C(N)=O)C(F)(F)F)cc2c1. The molecule has 1 aliphatic rings. The van der Waals surface area contributed by atoms with E-state index in [1.807, 2.05) is 0 Å². The zero-order valence-electron chi connectivity index (χ0n) is 22.1. The Morgan fingerprint density at radius 1 is 1.17 bits per heavy atom. The molecule has 2 amide bonds. The average molecular weight is 603 g/mol. The number of aryl methyl sites for hydroxylation is 1. The lowest BCUT2D eigenvalue weighted by molar-refractivity contribution is -0.265. The smallest absolute Gasteiger partial charge is 0.424 e.